The van der Waals surface area contributed by atoms with E-state index >= 15 is 0 Å². The zero-order valence-corrected chi connectivity index (χ0v) is 12.1. The number of nitrogens with zero attached hydrogens (tertiary/aromatic N) is 2. The largest absolute Gasteiger partial charge is 0.313 e. The quantitative estimate of drug-likeness (QED) is 0.608. The number of aromatic nitrogens is 1. The second-order valence-electron chi connectivity index (χ2n) is 5.24. The summed E-state index contributed by atoms with van der Waals surface area (Å²) in [5, 5.41) is 14.5. The zero-order chi connectivity index (χ0) is 14.4. The molecule has 0 aliphatic carbocycles. The molecule has 0 radical (unpaired) electrons. The molecule has 0 bridgehead atoms. The first-order valence-electron chi connectivity index (χ1n) is 6.79. The molecular weight excluding hydrogens is 242 g/mol. The molecule has 0 spiro atoms. The Morgan fingerprint density at radius 3 is 2.68 bits per heavy atom. The number of nitrogens with one attached hydrogen (secondary N) is 1. The molecule has 0 saturated heterocycles. The highest BCUT2D eigenvalue weighted by atomic mass is 16.6. The van der Waals surface area contributed by atoms with Gasteiger partial charge in [0, 0.05) is 24.7 Å². The smallest absolute Gasteiger partial charge is 0.291 e. The fourth-order valence-electron chi connectivity index (χ4n) is 1.98. The third kappa shape index (κ3) is 4.59. The van der Waals surface area contributed by atoms with Crippen molar-refractivity contribution in [2.45, 2.75) is 46.6 Å². The summed E-state index contributed by atoms with van der Waals surface area (Å²) in [7, 11) is 0. The van der Waals surface area contributed by atoms with E-state index < -0.39 is 0 Å². The molecule has 1 rings (SSSR count). The van der Waals surface area contributed by atoms with Gasteiger partial charge in [0.15, 0.2) is 0 Å². The average Bonchev–Trinajstić information content (AvgIpc) is 2.35. The molecule has 0 aromatic carbocycles. The summed E-state index contributed by atoms with van der Waals surface area (Å²) < 4.78 is 0. The van der Waals surface area contributed by atoms with Crippen LogP contribution in [0.3, 0.4) is 0 Å². The molecule has 106 valence electrons. The molecule has 1 atom stereocenters. The first-order chi connectivity index (χ1) is 8.95. The molecule has 1 N–H and O–H groups in total. The summed E-state index contributed by atoms with van der Waals surface area (Å²) in [6, 6.07) is 1.81. The number of hydrogen-bond donors (Lipinski definition) is 1. The van der Waals surface area contributed by atoms with Crippen molar-refractivity contribution in [1.82, 2.24) is 10.3 Å². The standard InChI is InChI=1S/C14H23N3O2/c1-5-6-15-12(10(2)3)8-13-14(17(18)19)7-11(4)9-16-13/h7,9-10,12,15H,5-6,8H2,1-4H3. The summed E-state index contributed by atoms with van der Waals surface area (Å²) in [5.41, 5.74) is 1.51. The van der Waals surface area contributed by atoms with E-state index in [0.717, 1.165) is 18.5 Å². The van der Waals surface area contributed by atoms with Crippen molar-refractivity contribution in [1.29, 1.82) is 0 Å². The molecule has 1 aromatic rings. The van der Waals surface area contributed by atoms with E-state index in [0.29, 0.717) is 18.0 Å². The van der Waals surface area contributed by atoms with Crippen LogP contribution >= 0.6 is 0 Å². The van der Waals surface area contributed by atoms with Gasteiger partial charge in [-0.25, -0.2) is 0 Å². The molecule has 1 aromatic heterocycles. The van der Waals surface area contributed by atoms with Crippen LogP contribution in [0.4, 0.5) is 5.69 Å². The van der Waals surface area contributed by atoms with Gasteiger partial charge in [-0.05, 0) is 31.4 Å². The summed E-state index contributed by atoms with van der Waals surface area (Å²) in [5.74, 6) is 0.411. The Morgan fingerprint density at radius 1 is 1.47 bits per heavy atom. The van der Waals surface area contributed by atoms with Gasteiger partial charge in [-0.2, -0.15) is 0 Å². The Labute approximate surface area is 114 Å². The van der Waals surface area contributed by atoms with Gasteiger partial charge in [-0.15, -0.1) is 0 Å². The molecule has 0 amide bonds. The van der Waals surface area contributed by atoms with Gasteiger partial charge >= 0.3 is 0 Å². The second-order valence-corrected chi connectivity index (χ2v) is 5.24. The normalized spacial score (nSPS) is 12.7. The maximum Gasteiger partial charge on any atom is 0.291 e. The Morgan fingerprint density at radius 2 is 2.16 bits per heavy atom. The maximum atomic E-state index is 11.1. The van der Waals surface area contributed by atoms with Crippen molar-refractivity contribution in [3.8, 4) is 0 Å². The van der Waals surface area contributed by atoms with Crippen molar-refractivity contribution in [2.75, 3.05) is 6.54 Å². The van der Waals surface area contributed by atoms with Crippen LogP contribution in [-0.4, -0.2) is 22.5 Å². The Kier molecular flexibility index (Phi) is 5.89. The van der Waals surface area contributed by atoms with Crippen LogP contribution in [0.5, 0.6) is 0 Å². The molecule has 0 saturated carbocycles. The fraction of sp³-hybridized carbons (Fsp3) is 0.643. The second kappa shape index (κ2) is 7.19. The molecule has 0 aliphatic rings. The highest BCUT2D eigenvalue weighted by Crippen LogP contribution is 2.20. The van der Waals surface area contributed by atoms with Gasteiger partial charge in [0.05, 0.1) is 4.92 Å². The van der Waals surface area contributed by atoms with Crippen molar-refractivity contribution in [3.05, 3.63) is 33.6 Å². The first kappa shape index (κ1) is 15.6. The van der Waals surface area contributed by atoms with E-state index in [2.05, 4.69) is 31.1 Å². The van der Waals surface area contributed by atoms with Gasteiger partial charge in [0.25, 0.3) is 5.69 Å². The lowest BCUT2D eigenvalue weighted by molar-refractivity contribution is -0.386. The molecule has 0 fully saturated rings. The van der Waals surface area contributed by atoms with Crippen molar-refractivity contribution in [3.63, 3.8) is 0 Å². The van der Waals surface area contributed by atoms with E-state index in [-0.39, 0.29) is 16.7 Å². The number of hydrogen-bond acceptors (Lipinski definition) is 4. The summed E-state index contributed by atoms with van der Waals surface area (Å²) in [6.45, 7) is 9.08. The minimum atomic E-state index is -0.341. The van der Waals surface area contributed by atoms with Crippen LogP contribution in [0.15, 0.2) is 12.3 Å². The molecule has 1 heterocycles. The first-order valence-corrected chi connectivity index (χ1v) is 6.79. The minimum Gasteiger partial charge on any atom is -0.313 e. The molecular formula is C14H23N3O2. The van der Waals surface area contributed by atoms with Crippen LogP contribution in [0, 0.1) is 23.0 Å². The lowest BCUT2D eigenvalue weighted by Gasteiger charge is -2.21. The number of rotatable bonds is 7. The van der Waals surface area contributed by atoms with Crippen LogP contribution in [0.2, 0.25) is 0 Å². The van der Waals surface area contributed by atoms with Crippen molar-refractivity contribution < 1.29 is 4.92 Å². The maximum absolute atomic E-state index is 11.1. The van der Waals surface area contributed by atoms with Gasteiger partial charge in [0.1, 0.15) is 5.69 Å². The zero-order valence-electron chi connectivity index (χ0n) is 12.1. The van der Waals surface area contributed by atoms with Gasteiger partial charge in [-0.1, -0.05) is 20.8 Å². The summed E-state index contributed by atoms with van der Waals surface area (Å²) in [6.07, 6.45) is 3.33. The van der Waals surface area contributed by atoms with Gasteiger partial charge in [-0.3, -0.25) is 15.1 Å². The number of nitro groups is 1. The molecule has 5 nitrogen and oxygen atoms in total. The van der Waals surface area contributed by atoms with Crippen LogP contribution in [-0.2, 0) is 6.42 Å². The summed E-state index contributed by atoms with van der Waals surface area (Å²) >= 11 is 0. The minimum absolute atomic E-state index is 0.129. The SMILES string of the molecule is CCCNC(Cc1ncc(C)cc1[N+](=O)[O-])C(C)C. The van der Waals surface area contributed by atoms with E-state index in [1.165, 1.54) is 0 Å². The molecule has 19 heavy (non-hydrogen) atoms. The molecule has 5 heteroatoms. The average molecular weight is 265 g/mol. The predicted molar refractivity (Wildman–Crippen MR) is 76.3 cm³/mol. The van der Waals surface area contributed by atoms with E-state index in [4.69, 9.17) is 0 Å². The van der Waals surface area contributed by atoms with E-state index in [1.807, 2.05) is 6.92 Å². The number of aryl methyl sites for hydroxylation is 1. The Hall–Kier alpha value is -1.49. The van der Waals surface area contributed by atoms with E-state index in [1.54, 1.807) is 12.3 Å². The lowest BCUT2D eigenvalue weighted by Crippen LogP contribution is -2.36. The predicted octanol–water partition coefficient (Wildman–Crippen LogP) is 2.86. The third-order valence-corrected chi connectivity index (χ3v) is 3.16. The van der Waals surface area contributed by atoms with Crippen molar-refractivity contribution in [2.24, 2.45) is 5.92 Å². The molecule has 1 unspecified atom stereocenters. The topological polar surface area (TPSA) is 68.1 Å². The highest BCUT2D eigenvalue weighted by Gasteiger charge is 2.21. The van der Waals surface area contributed by atoms with Gasteiger partial charge < -0.3 is 5.32 Å². The van der Waals surface area contributed by atoms with E-state index in [9.17, 15) is 10.1 Å². The van der Waals surface area contributed by atoms with Crippen molar-refractivity contribution >= 4 is 5.69 Å². The summed E-state index contributed by atoms with van der Waals surface area (Å²) in [4.78, 5) is 15.0. The van der Waals surface area contributed by atoms with Gasteiger partial charge in [0.2, 0.25) is 0 Å². The Bertz CT molecular complexity index is 433. The lowest BCUT2D eigenvalue weighted by atomic mass is 9.98. The van der Waals surface area contributed by atoms with Crippen LogP contribution in [0.25, 0.3) is 0 Å². The highest BCUT2D eigenvalue weighted by molar-refractivity contribution is 5.38. The molecule has 0 aliphatic heterocycles. The Balaban J connectivity index is 2.92. The third-order valence-electron chi connectivity index (χ3n) is 3.16. The fourth-order valence-corrected chi connectivity index (χ4v) is 1.98. The number of pyridine rings is 1. The monoisotopic (exact) mass is 265 g/mol. The van der Waals surface area contributed by atoms with Crippen LogP contribution in [0.1, 0.15) is 38.4 Å². The van der Waals surface area contributed by atoms with Crippen LogP contribution < -0.4 is 5.32 Å².